The second-order valence-corrected chi connectivity index (χ2v) is 4.96. The zero-order chi connectivity index (χ0) is 12.0. The molecule has 1 rings (SSSR count). The Morgan fingerprint density at radius 1 is 1.25 bits per heavy atom. The van der Waals surface area contributed by atoms with Crippen molar-refractivity contribution in [2.45, 2.75) is 32.5 Å². The van der Waals surface area contributed by atoms with Gasteiger partial charge in [0.05, 0.1) is 6.10 Å². The average Bonchev–Trinajstić information content (AvgIpc) is 2.29. The molecule has 0 saturated heterocycles. The molecule has 0 fully saturated rings. The van der Waals surface area contributed by atoms with Crippen molar-refractivity contribution < 1.29 is 5.11 Å². The quantitative estimate of drug-likeness (QED) is 0.813. The van der Waals surface area contributed by atoms with E-state index in [9.17, 15) is 5.11 Å². The zero-order valence-electron chi connectivity index (χ0n) is 9.94. The van der Waals surface area contributed by atoms with Crippen molar-refractivity contribution in [1.82, 2.24) is 4.90 Å². The molecule has 0 amide bonds. The summed E-state index contributed by atoms with van der Waals surface area (Å²) in [5.41, 5.74) is 1.29. The summed E-state index contributed by atoms with van der Waals surface area (Å²) in [6, 6.07) is 10.8. The molecule has 16 heavy (non-hydrogen) atoms. The second kappa shape index (κ2) is 7.05. The SMILES string of the molecule is CC(C)N(Cc1ccccc1)CC(O)CBr. The topological polar surface area (TPSA) is 23.5 Å². The molecule has 0 aliphatic rings. The molecule has 1 unspecified atom stereocenters. The highest BCUT2D eigenvalue weighted by Gasteiger charge is 2.14. The van der Waals surface area contributed by atoms with Gasteiger partial charge in [-0.3, -0.25) is 4.90 Å². The van der Waals surface area contributed by atoms with E-state index in [2.05, 4.69) is 58.9 Å². The first kappa shape index (κ1) is 13.7. The number of benzene rings is 1. The van der Waals surface area contributed by atoms with Crippen LogP contribution in [-0.4, -0.2) is 34.0 Å². The highest BCUT2D eigenvalue weighted by atomic mass is 79.9. The standard InChI is InChI=1S/C13H20BrNO/c1-11(2)15(10-13(16)8-14)9-12-6-4-3-5-7-12/h3-7,11,13,16H,8-10H2,1-2H3. The predicted octanol–water partition coefficient (Wildman–Crippen LogP) is 2.65. The zero-order valence-corrected chi connectivity index (χ0v) is 11.5. The van der Waals surface area contributed by atoms with Crippen molar-refractivity contribution in [3.8, 4) is 0 Å². The highest BCUT2D eigenvalue weighted by molar-refractivity contribution is 9.09. The van der Waals surface area contributed by atoms with Crippen molar-refractivity contribution >= 4 is 15.9 Å². The fourth-order valence-electron chi connectivity index (χ4n) is 1.60. The van der Waals surface area contributed by atoms with E-state index in [4.69, 9.17) is 0 Å². The van der Waals surface area contributed by atoms with Crippen molar-refractivity contribution in [1.29, 1.82) is 0 Å². The highest BCUT2D eigenvalue weighted by Crippen LogP contribution is 2.09. The van der Waals surface area contributed by atoms with Gasteiger partial charge in [-0.2, -0.15) is 0 Å². The molecular weight excluding hydrogens is 266 g/mol. The number of hydrogen-bond donors (Lipinski definition) is 1. The van der Waals surface area contributed by atoms with E-state index in [0.717, 1.165) is 6.54 Å². The first-order valence-electron chi connectivity index (χ1n) is 5.65. The normalized spacial score (nSPS) is 13.4. The lowest BCUT2D eigenvalue weighted by molar-refractivity contribution is 0.106. The lowest BCUT2D eigenvalue weighted by Gasteiger charge is -2.28. The molecule has 0 saturated carbocycles. The first-order chi connectivity index (χ1) is 7.63. The Balaban J connectivity index is 2.58. The van der Waals surface area contributed by atoms with Crippen LogP contribution < -0.4 is 0 Å². The minimum Gasteiger partial charge on any atom is -0.391 e. The van der Waals surface area contributed by atoms with E-state index in [-0.39, 0.29) is 6.10 Å². The first-order valence-corrected chi connectivity index (χ1v) is 6.77. The van der Waals surface area contributed by atoms with Crippen LogP contribution in [0.15, 0.2) is 30.3 Å². The fraction of sp³-hybridized carbons (Fsp3) is 0.538. The van der Waals surface area contributed by atoms with E-state index in [1.165, 1.54) is 5.56 Å². The molecule has 1 aromatic carbocycles. The van der Waals surface area contributed by atoms with E-state index < -0.39 is 0 Å². The van der Waals surface area contributed by atoms with Gasteiger partial charge in [0, 0.05) is 24.5 Å². The van der Waals surface area contributed by atoms with E-state index >= 15 is 0 Å². The summed E-state index contributed by atoms with van der Waals surface area (Å²) in [7, 11) is 0. The van der Waals surface area contributed by atoms with Crippen LogP contribution in [0.3, 0.4) is 0 Å². The van der Waals surface area contributed by atoms with Gasteiger partial charge in [-0.15, -0.1) is 0 Å². The summed E-state index contributed by atoms with van der Waals surface area (Å²) in [5.74, 6) is 0. The molecule has 0 aliphatic carbocycles. The number of halogens is 1. The lowest BCUT2D eigenvalue weighted by Crippen LogP contribution is -2.37. The van der Waals surface area contributed by atoms with Crippen LogP contribution in [0.1, 0.15) is 19.4 Å². The Hall–Kier alpha value is -0.380. The molecule has 0 spiro atoms. The predicted molar refractivity (Wildman–Crippen MR) is 71.8 cm³/mol. The number of alkyl halides is 1. The summed E-state index contributed by atoms with van der Waals surface area (Å²) in [6.45, 7) is 5.91. The van der Waals surface area contributed by atoms with Crippen molar-refractivity contribution in [2.75, 3.05) is 11.9 Å². The lowest BCUT2D eigenvalue weighted by atomic mass is 10.2. The van der Waals surface area contributed by atoms with Crippen LogP contribution in [0.25, 0.3) is 0 Å². The fourth-order valence-corrected chi connectivity index (χ4v) is 1.80. The van der Waals surface area contributed by atoms with Crippen LogP contribution in [0.4, 0.5) is 0 Å². The maximum Gasteiger partial charge on any atom is 0.0763 e. The molecule has 1 aromatic rings. The van der Waals surface area contributed by atoms with Crippen molar-refractivity contribution in [3.05, 3.63) is 35.9 Å². The van der Waals surface area contributed by atoms with Crippen LogP contribution in [-0.2, 0) is 6.54 Å². The van der Waals surface area contributed by atoms with E-state index in [1.807, 2.05) is 6.07 Å². The summed E-state index contributed by atoms with van der Waals surface area (Å²) in [6.07, 6.45) is -0.300. The third kappa shape index (κ3) is 4.64. The molecular formula is C13H20BrNO. The van der Waals surface area contributed by atoms with E-state index in [0.29, 0.717) is 17.9 Å². The van der Waals surface area contributed by atoms with Crippen LogP contribution in [0.2, 0.25) is 0 Å². The molecule has 3 heteroatoms. The third-order valence-electron chi connectivity index (χ3n) is 2.58. The van der Waals surface area contributed by atoms with Gasteiger partial charge in [-0.05, 0) is 19.4 Å². The number of aliphatic hydroxyl groups excluding tert-OH is 1. The Bertz CT molecular complexity index is 289. The number of rotatable bonds is 6. The molecule has 2 nitrogen and oxygen atoms in total. The summed E-state index contributed by atoms with van der Waals surface area (Å²) >= 11 is 3.30. The summed E-state index contributed by atoms with van der Waals surface area (Å²) < 4.78 is 0. The van der Waals surface area contributed by atoms with E-state index in [1.54, 1.807) is 0 Å². The minimum atomic E-state index is -0.300. The molecule has 1 N–H and O–H groups in total. The van der Waals surface area contributed by atoms with Crippen molar-refractivity contribution in [2.24, 2.45) is 0 Å². The van der Waals surface area contributed by atoms with Gasteiger partial charge in [0.15, 0.2) is 0 Å². The minimum absolute atomic E-state index is 0.300. The molecule has 0 bridgehead atoms. The number of hydrogen-bond acceptors (Lipinski definition) is 2. The van der Waals surface area contributed by atoms with Gasteiger partial charge >= 0.3 is 0 Å². The molecule has 0 aromatic heterocycles. The van der Waals surface area contributed by atoms with Gasteiger partial charge in [-0.25, -0.2) is 0 Å². The number of aliphatic hydroxyl groups is 1. The average molecular weight is 286 g/mol. The van der Waals surface area contributed by atoms with Gasteiger partial charge in [0.1, 0.15) is 0 Å². The molecule has 90 valence electrons. The Morgan fingerprint density at radius 3 is 2.38 bits per heavy atom. The summed E-state index contributed by atoms with van der Waals surface area (Å²) in [4.78, 5) is 2.28. The van der Waals surface area contributed by atoms with Gasteiger partial charge in [0.2, 0.25) is 0 Å². The summed E-state index contributed by atoms with van der Waals surface area (Å²) in [5, 5.41) is 10.3. The largest absolute Gasteiger partial charge is 0.391 e. The molecule has 1 atom stereocenters. The van der Waals surface area contributed by atoms with Gasteiger partial charge in [-0.1, -0.05) is 46.3 Å². The monoisotopic (exact) mass is 285 g/mol. The third-order valence-corrected chi connectivity index (χ3v) is 3.33. The smallest absolute Gasteiger partial charge is 0.0763 e. The number of nitrogens with zero attached hydrogens (tertiary/aromatic N) is 1. The van der Waals surface area contributed by atoms with Gasteiger partial charge < -0.3 is 5.11 Å². The Morgan fingerprint density at radius 2 is 1.88 bits per heavy atom. The molecule has 0 aliphatic heterocycles. The van der Waals surface area contributed by atoms with Crippen LogP contribution in [0.5, 0.6) is 0 Å². The second-order valence-electron chi connectivity index (χ2n) is 4.32. The maximum absolute atomic E-state index is 9.67. The molecule has 0 heterocycles. The Kier molecular flexibility index (Phi) is 6.03. The maximum atomic E-state index is 9.67. The van der Waals surface area contributed by atoms with Crippen molar-refractivity contribution in [3.63, 3.8) is 0 Å². The van der Waals surface area contributed by atoms with Crippen LogP contribution in [0, 0.1) is 0 Å². The Labute approximate surface area is 106 Å². The van der Waals surface area contributed by atoms with Crippen LogP contribution >= 0.6 is 15.9 Å². The molecule has 0 radical (unpaired) electrons. The van der Waals surface area contributed by atoms with Gasteiger partial charge in [0.25, 0.3) is 0 Å².